The van der Waals surface area contributed by atoms with Gasteiger partial charge in [0.2, 0.25) is 0 Å². The van der Waals surface area contributed by atoms with E-state index in [9.17, 15) is 0 Å². The molecule has 2 nitrogen and oxygen atoms in total. The molecule has 1 saturated heterocycles. The molecule has 1 atom stereocenters. The monoisotopic (exact) mass is 199 g/mol. The second-order valence-electron chi connectivity index (χ2n) is 4.79. The number of methoxy groups -OCH3 is 1. The lowest BCUT2D eigenvalue weighted by Crippen LogP contribution is -2.38. The minimum Gasteiger partial charge on any atom is -0.385 e. The molecule has 0 aliphatic carbocycles. The molecule has 1 aliphatic rings. The van der Waals surface area contributed by atoms with Gasteiger partial charge in [0.25, 0.3) is 0 Å². The summed E-state index contributed by atoms with van der Waals surface area (Å²) in [5, 5.41) is 0. The highest BCUT2D eigenvalue weighted by atomic mass is 16.5. The Kier molecular flexibility index (Phi) is 5.49. The van der Waals surface area contributed by atoms with Gasteiger partial charge in [-0.2, -0.15) is 0 Å². The fourth-order valence-electron chi connectivity index (χ4n) is 2.27. The summed E-state index contributed by atoms with van der Waals surface area (Å²) in [5.74, 6) is 1.77. The van der Waals surface area contributed by atoms with Crippen molar-refractivity contribution in [3.05, 3.63) is 0 Å². The number of hydrogen-bond donors (Lipinski definition) is 0. The highest BCUT2D eigenvalue weighted by Crippen LogP contribution is 2.23. The van der Waals surface area contributed by atoms with Crippen LogP contribution in [0, 0.1) is 11.8 Å². The predicted molar refractivity (Wildman–Crippen MR) is 60.5 cm³/mol. The highest BCUT2D eigenvalue weighted by molar-refractivity contribution is 4.74. The first-order chi connectivity index (χ1) is 6.74. The largest absolute Gasteiger partial charge is 0.385 e. The standard InChI is InChI=1S/C12H25NO/c1-11(2)12-6-4-7-13(10-12)8-5-9-14-3/h11-12H,4-10H2,1-3H3. The van der Waals surface area contributed by atoms with Crippen molar-refractivity contribution >= 4 is 0 Å². The van der Waals surface area contributed by atoms with Crippen LogP contribution in [0.1, 0.15) is 33.1 Å². The van der Waals surface area contributed by atoms with Crippen LogP contribution in [0.3, 0.4) is 0 Å². The molecule has 1 aliphatic heterocycles. The molecular formula is C12H25NO. The summed E-state index contributed by atoms with van der Waals surface area (Å²) in [6.45, 7) is 9.43. The minimum absolute atomic E-state index is 0.847. The summed E-state index contributed by atoms with van der Waals surface area (Å²) in [7, 11) is 1.78. The zero-order valence-electron chi connectivity index (χ0n) is 9.96. The summed E-state index contributed by atoms with van der Waals surface area (Å²) < 4.78 is 5.08. The molecule has 0 amide bonds. The van der Waals surface area contributed by atoms with E-state index in [-0.39, 0.29) is 0 Å². The van der Waals surface area contributed by atoms with E-state index in [0.29, 0.717) is 0 Å². The molecule has 1 fully saturated rings. The third-order valence-corrected chi connectivity index (χ3v) is 3.31. The number of piperidine rings is 1. The Hall–Kier alpha value is -0.0800. The van der Waals surface area contributed by atoms with Crippen LogP contribution in [0.15, 0.2) is 0 Å². The molecule has 0 aromatic heterocycles. The third kappa shape index (κ3) is 3.97. The second kappa shape index (κ2) is 6.41. The number of likely N-dealkylation sites (tertiary alicyclic amines) is 1. The number of ether oxygens (including phenoxy) is 1. The zero-order chi connectivity index (χ0) is 10.4. The first-order valence-corrected chi connectivity index (χ1v) is 5.95. The molecule has 1 heterocycles. The molecule has 0 spiro atoms. The van der Waals surface area contributed by atoms with Gasteiger partial charge in [-0.25, -0.2) is 0 Å². The lowest BCUT2D eigenvalue weighted by atomic mass is 9.88. The maximum absolute atomic E-state index is 5.08. The van der Waals surface area contributed by atoms with Gasteiger partial charge in [0.15, 0.2) is 0 Å². The Morgan fingerprint density at radius 2 is 2.21 bits per heavy atom. The fourth-order valence-corrected chi connectivity index (χ4v) is 2.27. The predicted octanol–water partition coefficient (Wildman–Crippen LogP) is 2.39. The molecule has 0 aromatic carbocycles. The van der Waals surface area contributed by atoms with Crippen LogP contribution in [-0.4, -0.2) is 38.3 Å². The van der Waals surface area contributed by atoms with Crippen LogP contribution in [0.4, 0.5) is 0 Å². The molecule has 0 aromatic rings. The average molecular weight is 199 g/mol. The number of rotatable bonds is 5. The molecule has 1 rings (SSSR count). The van der Waals surface area contributed by atoms with Gasteiger partial charge in [0, 0.05) is 26.8 Å². The van der Waals surface area contributed by atoms with Crippen LogP contribution < -0.4 is 0 Å². The lowest BCUT2D eigenvalue weighted by molar-refractivity contribution is 0.124. The quantitative estimate of drug-likeness (QED) is 0.630. The van der Waals surface area contributed by atoms with E-state index in [1.807, 2.05) is 0 Å². The summed E-state index contributed by atoms with van der Waals surface area (Å²) in [6.07, 6.45) is 4.00. The molecule has 2 heteroatoms. The molecular weight excluding hydrogens is 174 g/mol. The summed E-state index contributed by atoms with van der Waals surface area (Å²) in [6, 6.07) is 0. The van der Waals surface area contributed by atoms with Gasteiger partial charge in [-0.1, -0.05) is 13.8 Å². The smallest absolute Gasteiger partial charge is 0.0474 e. The van der Waals surface area contributed by atoms with Gasteiger partial charge in [-0.05, 0) is 37.6 Å². The number of hydrogen-bond acceptors (Lipinski definition) is 2. The van der Waals surface area contributed by atoms with E-state index in [1.54, 1.807) is 7.11 Å². The molecule has 0 radical (unpaired) electrons. The van der Waals surface area contributed by atoms with E-state index in [4.69, 9.17) is 4.74 Å². The molecule has 0 bridgehead atoms. The van der Waals surface area contributed by atoms with E-state index < -0.39 is 0 Å². The Balaban J connectivity index is 2.19. The van der Waals surface area contributed by atoms with Crippen LogP contribution in [0.2, 0.25) is 0 Å². The zero-order valence-corrected chi connectivity index (χ0v) is 9.96. The van der Waals surface area contributed by atoms with Gasteiger partial charge >= 0.3 is 0 Å². The molecule has 14 heavy (non-hydrogen) atoms. The fraction of sp³-hybridized carbons (Fsp3) is 1.00. The van der Waals surface area contributed by atoms with Crippen LogP contribution in [-0.2, 0) is 4.74 Å². The van der Waals surface area contributed by atoms with Crippen LogP contribution >= 0.6 is 0 Å². The van der Waals surface area contributed by atoms with Gasteiger partial charge in [0.1, 0.15) is 0 Å². The van der Waals surface area contributed by atoms with Crippen molar-refractivity contribution < 1.29 is 4.74 Å². The van der Waals surface area contributed by atoms with Crippen molar-refractivity contribution in [1.29, 1.82) is 0 Å². The van der Waals surface area contributed by atoms with E-state index in [1.165, 1.54) is 38.9 Å². The van der Waals surface area contributed by atoms with Crippen molar-refractivity contribution in [2.75, 3.05) is 33.4 Å². The average Bonchev–Trinajstić information content (AvgIpc) is 2.19. The Morgan fingerprint density at radius 1 is 1.43 bits per heavy atom. The molecule has 0 saturated carbocycles. The van der Waals surface area contributed by atoms with E-state index >= 15 is 0 Å². The maximum Gasteiger partial charge on any atom is 0.0474 e. The molecule has 0 N–H and O–H groups in total. The topological polar surface area (TPSA) is 12.5 Å². The first-order valence-electron chi connectivity index (χ1n) is 5.95. The van der Waals surface area contributed by atoms with Gasteiger partial charge in [-0.15, -0.1) is 0 Å². The van der Waals surface area contributed by atoms with Crippen molar-refractivity contribution in [1.82, 2.24) is 4.90 Å². The van der Waals surface area contributed by atoms with E-state index in [2.05, 4.69) is 18.7 Å². The highest BCUT2D eigenvalue weighted by Gasteiger charge is 2.21. The summed E-state index contributed by atoms with van der Waals surface area (Å²) in [5.41, 5.74) is 0. The summed E-state index contributed by atoms with van der Waals surface area (Å²) in [4.78, 5) is 2.60. The SMILES string of the molecule is COCCCN1CCCC(C(C)C)C1. The van der Waals surface area contributed by atoms with E-state index in [0.717, 1.165) is 18.4 Å². The van der Waals surface area contributed by atoms with Gasteiger partial charge < -0.3 is 9.64 Å². The van der Waals surface area contributed by atoms with Crippen LogP contribution in [0.25, 0.3) is 0 Å². The van der Waals surface area contributed by atoms with Crippen molar-refractivity contribution in [2.24, 2.45) is 11.8 Å². The lowest BCUT2D eigenvalue weighted by Gasteiger charge is -2.34. The normalized spacial score (nSPS) is 24.4. The number of nitrogens with zero attached hydrogens (tertiary/aromatic N) is 1. The maximum atomic E-state index is 5.08. The van der Waals surface area contributed by atoms with Gasteiger partial charge in [-0.3, -0.25) is 0 Å². The summed E-state index contributed by atoms with van der Waals surface area (Å²) >= 11 is 0. The Bertz CT molecular complexity index is 147. The second-order valence-corrected chi connectivity index (χ2v) is 4.79. The molecule has 1 unspecified atom stereocenters. The minimum atomic E-state index is 0.847. The third-order valence-electron chi connectivity index (χ3n) is 3.31. The van der Waals surface area contributed by atoms with Gasteiger partial charge in [0.05, 0.1) is 0 Å². The van der Waals surface area contributed by atoms with Crippen molar-refractivity contribution in [3.8, 4) is 0 Å². The van der Waals surface area contributed by atoms with Crippen molar-refractivity contribution in [2.45, 2.75) is 33.1 Å². The first kappa shape index (κ1) is 12.0. The van der Waals surface area contributed by atoms with Crippen molar-refractivity contribution in [3.63, 3.8) is 0 Å². The Labute approximate surface area is 88.6 Å². The van der Waals surface area contributed by atoms with Crippen LogP contribution in [0.5, 0.6) is 0 Å². The molecule has 84 valence electrons. The Morgan fingerprint density at radius 3 is 2.86 bits per heavy atom.